The molecule has 214 valence electrons. The molecule has 0 unspecified atom stereocenters. The van der Waals surface area contributed by atoms with E-state index in [1.165, 1.54) is 6.42 Å². The predicted octanol–water partition coefficient (Wildman–Crippen LogP) is 3.23. The molecule has 1 aromatic carbocycles. The van der Waals surface area contributed by atoms with E-state index in [9.17, 15) is 14.4 Å². The zero-order valence-corrected chi connectivity index (χ0v) is 23.2. The number of pyridine rings is 1. The highest BCUT2D eigenvalue weighted by Crippen LogP contribution is 2.26. The van der Waals surface area contributed by atoms with Crippen molar-refractivity contribution in [2.75, 3.05) is 63.3 Å². The van der Waals surface area contributed by atoms with E-state index in [0.29, 0.717) is 30.9 Å². The van der Waals surface area contributed by atoms with Crippen molar-refractivity contribution >= 4 is 23.0 Å². The number of nitrogens with zero attached hydrogens (tertiary/aromatic N) is 4. The summed E-state index contributed by atoms with van der Waals surface area (Å²) in [5, 5.41) is 4.85. The molecule has 2 aliphatic rings. The first-order chi connectivity index (χ1) is 19.1. The highest BCUT2D eigenvalue weighted by Gasteiger charge is 2.27. The van der Waals surface area contributed by atoms with E-state index >= 15 is 0 Å². The van der Waals surface area contributed by atoms with Gasteiger partial charge in [0.25, 0.3) is 10.9 Å². The molecule has 39 heavy (non-hydrogen) atoms. The average Bonchev–Trinajstić information content (AvgIpc) is 2.99. The lowest BCUT2D eigenvalue weighted by Gasteiger charge is -2.34. The monoisotopic (exact) mass is 541 g/mol. The lowest BCUT2D eigenvalue weighted by Crippen LogP contribution is -2.44. The molecule has 4 rings (SSSR count). The third kappa shape index (κ3) is 8.09. The Balaban J connectivity index is 1.16. The third-order valence-corrected chi connectivity index (χ3v) is 7.77. The second-order valence-electron chi connectivity index (χ2n) is 10.5. The van der Waals surface area contributed by atoms with Gasteiger partial charge in [0.2, 0.25) is 5.91 Å². The van der Waals surface area contributed by atoms with Crippen molar-refractivity contribution < 1.29 is 14.4 Å². The zero-order chi connectivity index (χ0) is 27.5. The largest absolute Gasteiger partial charge is 0.380 e. The summed E-state index contributed by atoms with van der Waals surface area (Å²) in [6, 6.07) is 3.83. The molecule has 1 aliphatic heterocycles. The number of hydroxylamine groups is 2. The van der Waals surface area contributed by atoms with Gasteiger partial charge in [-0.15, -0.1) is 0 Å². The molecule has 1 aliphatic carbocycles. The summed E-state index contributed by atoms with van der Waals surface area (Å²) < 4.78 is 5.41. The van der Waals surface area contributed by atoms with Gasteiger partial charge in [0.1, 0.15) is 11.4 Å². The normalized spacial score (nSPS) is 16.8. The first-order valence-corrected chi connectivity index (χ1v) is 14.5. The molecule has 2 heterocycles. The molecule has 10 nitrogen and oxygen atoms in total. The fourth-order valence-corrected chi connectivity index (χ4v) is 5.41. The summed E-state index contributed by atoms with van der Waals surface area (Å²) in [5.41, 5.74) is 0.568. The van der Waals surface area contributed by atoms with Crippen molar-refractivity contribution in [1.29, 1.82) is 0 Å². The maximum absolute atomic E-state index is 13.1. The van der Waals surface area contributed by atoms with Gasteiger partial charge in [-0.05, 0) is 37.8 Å². The van der Waals surface area contributed by atoms with Crippen LogP contribution in [0.5, 0.6) is 0 Å². The number of nitrogens with one attached hydrogen (secondary N) is 1. The molecule has 1 N–H and O–H groups in total. The first kappa shape index (κ1) is 29.2. The number of hydrogen-bond donors (Lipinski definition) is 1. The first-order valence-electron chi connectivity index (χ1n) is 14.5. The number of hydrogen-bond acceptors (Lipinski definition) is 9. The topological polar surface area (TPSA) is 104 Å². The molecule has 0 atom stereocenters. The summed E-state index contributed by atoms with van der Waals surface area (Å²) in [5.74, 6) is 0.0915. The van der Waals surface area contributed by atoms with Crippen LogP contribution >= 0.6 is 0 Å². The minimum Gasteiger partial charge on any atom is -0.380 e. The van der Waals surface area contributed by atoms with Crippen LogP contribution in [0.15, 0.2) is 34.1 Å². The molecule has 0 bridgehead atoms. The molecule has 2 aromatic rings. The van der Waals surface area contributed by atoms with Crippen LogP contribution in [0.4, 0.5) is 17.1 Å². The Morgan fingerprint density at radius 3 is 2.62 bits per heavy atom. The quantitative estimate of drug-likeness (QED) is 0.207. The predicted molar refractivity (Wildman–Crippen MR) is 152 cm³/mol. The molecular weight excluding hydrogens is 498 g/mol. The SMILES string of the molecule is CN(c1cccnc1)c1c(NCCCCCCC(=O)N(OCCN2CCOCC2)C2CCCCC2)c(=O)c1=O. The molecule has 2 fully saturated rings. The molecular formula is C29H43N5O5. The number of rotatable bonds is 15. The van der Waals surface area contributed by atoms with Crippen LogP contribution in [0.25, 0.3) is 0 Å². The third-order valence-electron chi connectivity index (χ3n) is 7.77. The van der Waals surface area contributed by atoms with Gasteiger partial charge in [0, 0.05) is 45.8 Å². The number of morpholine rings is 1. The van der Waals surface area contributed by atoms with Gasteiger partial charge in [0.05, 0.1) is 37.7 Å². The molecule has 1 amide bonds. The van der Waals surface area contributed by atoms with Crippen LogP contribution in [0.3, 0.4) is 0 Å². The van der Waals surface area contributed by atoms with E-state index in [0.717, 1.165) is 89.9 Å². The van der Waals surface area contributed by atoms with Crippen molar-refractivity contribution in [3.05, 3.63) is 45.0 Å². The number of carbonyl (C=O) groups excluding carboxylic acids is 1. The zero-order valence-electron chi connectivity index (χ0n) is 23.2. The Morgan fingerprint density at radius 2 is 1.87 bits per heavy atom. The van der Waals surface area contributed by atoms with Crippen LogP contribution < -0.4 is 21.1 Å². The van der Waals surface area contributed by atoms with Crippen LogP contribution in [-0.4, -0.2) is 79.9 Å². The van der Waals surface area contributed by atoms with E-state index < -0.39 is 10.9 Å². The highest BCUT2D eigenvalue weighted by atomic mass is 16.7. The summed E-state index contributed by atoms with van der Waals surface area (Å²) in [6.07, 6.45) is 12.9. The number of carbonyl (C=O) groups is 1. The minimum atomic E-state index is -0.475. The van der Waals surface area contributed by atoms with Gasteiger partial charge in [-0.25, -0.2) is 5.06 Å². The highest BCUT2D eigenvalue weighted by molar-refractivity contribution is 5.80. The van der Waals surface area contributed by atoms with Crippen LogP contribution in [0.1, 0.15) is 64.2 Å². The van der Waals surface area contributed by atoms with E-state index in [4.69, 9.17) is 9.57 Å². The van der Waals surface area contributed by atoms with Crippen LogP contribution in [0, 0.1) is 0 Å². The van der Waals surface area contributed by atoms with Gasteiger partial charge < -0.3 is 15.0 Å². The number of amides is 1. The van der Waals surface area contributed by atoms with E-state index in [1.54, 1.807) is 35.5 Å². The van der Waals surface area contributed by atoms with Crippen LogP contribution in [-0.2, 0) is 14.4 Å². The Morgan fingerprint density at radius 1 is 1.10 bits per heavy atom. The number of aromatic nitrogens is 1. The Labute approximate surface area is 230 Å². The van der Waals surface area contributed by atoms with Gasteiger partial charge >= 0.3 is 0 Å². The molecule has 1 aromatic heterocycles. The Bertz CT molecular complexity index is 1090. The summed E-state index contributed by atoms with van der Waals surface area (Å²) in [7, 11) is 1.76. The maximum Gasteiger partial charge on any atom is 0.253 e. The second-order valence-corrected chi connectivity index (χ2v) is 10.5. The second kappa shape index (κ2) is 15.1. The minimum absolute atomic E-state index is 0.0915. The molecule has 1 saturated carbocycles. The van der Waals surface area contributed by atoms with E-state index in [-0.39, 0.29) is 11.9 Å². The molecule has 0 radical (unpaired) electrons. The summed E-state index contributed by atoms with van der Waals surface area (Å²) in [6.45, 7) is 5.30. The van der Waals surface area contributed by atoms with Crippen molar-refractivity contribution in [1.82, 2.24) is 14.9 Å². The Kier molecular flexibility index (Phi) is 11.3. The van der Waals surface area contributed by atoms with Gasteiger partial charge in [-0.1, -0.05) is 32.1 Å². The van der Waals surface area contributed by atoms with Gasteiger partial charge in [0.15, 0.2) is 0 Å². The molecule has 1 saturated heterocycles. The van der Waals surface area contributed by atoms with E-state index in [1.807, 2.05) is 6.07 Å². The fraction of sp³-hybridized carbons (Fsp3) is 0.655. The van der Waals surface area contributed by atoms with Crippen molar-refractivity contribution in [3.63, 3.8) is 0 Å². The summed E-state index contributed by atoms with van der Waals surface area (Å²) in [4.78, 5) is 51.6. The number of ether oxygens (including phenoxy) is 1. The van der Waals surface area contributed by atoms with Crippen molar-refractivity contribution in [2.45, 2.75) is 70.3 Å². The molecule has 10 heteroatoms. The maximum atomic E-state index is 13.1. The van der Waals surface area contributed by atoms with Crippen molar-refractivity contribution in [2.24, 2.45) is 0 Å². The number of anilines is 3. The van der Waals surface area contributed by atoms with E-state index in [2.05, 4.69) is 15.2 Å². The van der Waals surface area contributed by atoms with Gasteiger partial charge in [-0.2, -0.15) is 0 Å². The standard InChI is InChI=1S/C29H43N5O5/c1-32(24-12-9-14-30-22-24)27-26(28(36)29(27)37)31-15-8-3-2-7-13-25(35)34(23-10-5-4-6-11-23)39-21-18-33-16-19-38-20-17-33/h9,12,14,22-23,31H,2-8,10-11,13,15-21H2,1H3. The lowest BCUT2D eigenvalue weighted by molar-refractivity contribution is -0.205. The number of unbranched alkanes of at least 4 members (excludes halogenated alkanes) is 3. The molecule has 0 spiro atoms. The fourth-order valence-electron chi connectivity index (χ4n) is 5.41. The smallest absolute Gasteiger partial charge is 0.253 e. The van der Waals surface area contributed by atoms with Crippen LogP contribution in [0.2, 0.25) is 0 Å². The lowest BCUT2D eigenvalue weighted by atomic mass is 9.95. The average molecular weight is 542 g/mol. The Hall–Kier alpha value is -2.82. The van der Waals surface area contributed by atoms with Crippen molar-refractivity contribution in [3.8, 4) is 0 Å². The van der Waals surface area contributed by atoms with Gasteiger partial charge in [-0.3, -0.25) is 29.1 Å². The summed E-state index contributed by atoms with van der Waals surface area (Å²) >= 11 is 0.